The van der Waals surface area contributed by atoms with Crippen LogP contribution in [0.2, 0.25) is 0 Å². The quantitative estimate of drug-likeness (QED) is 0.310. The molecule has 1 aliphatic rings. The van der Waals surface area contributed by atoms with Crippen molar-refractivity contribution in [1.29, 1.82) is 0 Å². The fourth-order valence-corrected chi connectivity index (χ4v) is 3.04. The van der Waals surface area contributed by atoms with E-state index >= 15 is 0 Å². The van der Waals surface area contributed by atoms with E-state index in [0.717, 1.165) is 63.7 Å². The highest BCUT2D eigenvalue weighted by Gasteiger charge is 2.17. The van der Waals surface area contributed by atoms with Gasteiger partial charge in [-0.15, -0.1) is 0 Å². The molecule has 0 amide bonds. The van der Waals surface area contributed by atoms with Gasteiger partial charge >= 0.3 is 0 Å². The van der Waals surface area contributed by atoms with E-state index in [-0.39, 0.29) is 0 Å². The lowest BCUT2D eigenvalue weighted by Gasteiger charge is -2.21. The third-order valence-electron chi connectivity index (χ3n) is 4.63. The zero-order valence-electron chi connectivity index (χ0n) is 16.1. The van der Waals surface area contributed by atoms with Gasteiger partial charge in [-0.2, -0.15) is 0 Å². The summed E-state index contributed by atoms with van der Waals surface area (Å²) >= 11 is 0. The highest BCUT2D eigenvalue weighted by Crippen LogP contribution is 2.20. The first-order valence-electron chi connectivity index (χ1n) is 9.42. The molecule has 24 heavy (non-hydrogen) atoms. The average molecular weight is 333 g/mol. The minimum Gasteiger partial charge on any atom is -0.290 e. The molecular formula is C21H36N2O. The van der Waals surface area contributed by atoms with Crippen molar-refractivity contribution in [3.63, 3.8) is 0 Å². The summed E-state index contributed by atoms with van der Waals surface area (Å²) in [5.41, 5.74) is 6.65. The van der Waals surface area contributed by atoms with E-state index in [1.807, 2.05) is 0 Å². The molecule has 0 aromatic heterocycles. The number of hydrogen-bond donors (Lipinski definition) is 2. The molecule has 0 saturated carbocycles. The predicted molar refractivity (Wildman–Crippen MR) is 105 cm³/mol. The number of aliphatic imine (C=N–C) groups is 1. The van der Waals surface area contributed by atoms with Crippen LogP contribution in [0.3, 0.4) is 0 Å². The van der Waals surface area contributed by atoms with Crippen molar-refractivity contribution in [2.24, 2.45) is 10.9 Å². The summed E-state index contributed by atoms with van der Waals surface area (Å²) in [6, 6.07) is 0. The second-order valence-electron chi connectivity index (χ2n) is 7.26. The zero-order valence-corrected chi connectivity index (χ0v) is 16.1. The van der Waals surface area contributed by atoms with Gasteiger partial charge in [-0.3, -0.25) is 15.7 Å². The van der Waals surface area contributed by atoms with Crippen molar-refractivity contribution in [1.82, 2.24) is 5.48 Å². The molecule has 0 aliphatic carbocycles. The highest BCUT2D eigenvalue weighted by molar-refractivity contribution is 5.83. The van der Waals surface area contributed by atoms with E-state index < -0.39 is 0 Å². The fraction of sp³-hybridized carbons (Fsp3) is 0.667. The summed E-state index contributed by atoms with van der Waals surface area (Å²) in [5, 5.41) is 9.13. The molecule has 0 fully saturated rings. The highest BCUT2D eigenvalue weighted by atomic mass is 16.5. The molecule has 0 radical (unpaired) electrons. The van der Waals surface area contributed by atoms with Crippen LogP contribution in [0.5, 0.6) is 0 Å². The smallest absolute Gasteiger partial charge is 0.123 e. The molecule has 0 aromatic rings. The first-order valence-corrected chi connectivity index (χ1v) is 9.42. The summed E-state index contributed by atoms with van der Waals surface area (Å²) in [7, 11) is 0. The van der Waals surface area contributed by atoms with Crippen molar-refractivity contribution in [2.45, 2.75) is 79.1 Å². The van der Waals surface area contributed by atoms with Crippen LogP contribution in [0.1, 0.15) is 79.1 Å². The predicted octanol–water partition coefficient (Wildman–Crippen LogP) is 5.97. The molecule has 1 atom stereocenters. The maximum absolute atomic E-state index is 9.13. The monoisotopic (exact) mass is 332 g/mol. The molecule has 0 saturated heterocycles. The Hall–Kier alpha value is -1.35. The van der Waals surface area contributed by atoms with Gasteiger partial charge in [0.05, 0.1) is 0 Å². The maximum Gasteiger partial charge on any atom is 0.123 e. The molecule has 2 N–H and O–H groups in total. The first kappa shape index (κ1) is 20.7. The lowest BCUT2D eigenvalue weighted by atomic mass is 9.93. The zero-order chi connectivity index (χ0) is 17.8. The number of unbranched alkanes of at least 4 members (excludes halogenated alkanes) is 1. The third kappa shape index (κ3) is 9.07. The van der Waals surface area contributed by atoms with Crippen LogP contribution in [0.15, 0.2) is 39.9 Å². The molecule has 0 unspecified atom stereocenters. The molecule has 0 spiro atoms. The molecule has 1 heterocycles. The van der Waals surface area contributed by atoms with Crippen molar-refractivity contribution < 1.29 is 5.21 Å². The van der Waals surface area contributed by atoms with Crippen LogP contribution in [0.25, 0.3) is 0 Å². The summed E-state index contributed by atoms with van der Waals surface area (Å²) in [4.78, 5) is 4.36. The first-order chi connectivity index (χ1) is 11.5. The molecule has 0 bridgehead atoms. The number of hydrogen-bond acceptors (Lipinski definition) is 3. The summed E-state index contributed by atoms with van der Waals surface area (Å²) in [6.07, 6.45) is 16.1. The van der Waals surface area contributed by atoms with Gasteiger partial charge in [0.15, 0.2) is 0 Å². The Balaban J connectivity index is 2.26. The normalized spacial score (nSPS) is 19.0. The van der Waals surface area contributed by atoms with E-state index in [9.17, 15) is 0 Å². The summed E-state index contributed by atoms with van der Waals surface area (Å²) in [6.45, 7) is 9.63. The Kier molecular flexibility index (Phi) is 10.4. The van der Waals surface area contributed by atoms with Crippen molar-refractivity contribution in [3.05, 3.63) is 34.9 Å². The maximum atomic E-state index is 9.13. The Morgan fingerprint density at radius 3 is 2.29 bits per heavy atom. The SMILES string of the molecule is CC(C)=CCC/C=C(\C)CC/C(C)=C/CC[C@H]1CCCN=C1NO. The third-order valence-corrected chi connectivity index (χ3v) is 4.63. The number of nitrogens with one attached hydrogen (secondary N) is 1. The van der Waals surface area contributed by atoms with E-state index in [1.165, 1.54) is 16.7 Å². The Morgan fingerprint density at radius 1 is 1.04 bits per heavy atom. The number of nitrogens with zero attached hydrogens (tertiary/aromatic N) is 1. The largest absolute Gasteiger partial charge is 0.290 e. The molecule has 1 aliphatic heterocycles. The Labute approximate surface area is 148 Å². The van der Waals surface area contributed by atoms with Gasteiger partial charge in [0.25, 0.3) is 0 Å². The average Bonchev–Trinajstić information content (AvgIpc) is 2.57. The molecule has 3 heteroatoms. The van der Waals surface area contributed by atoms with Crippen LogP contribution in [-0.2, 0) is 0 Å². The number of hydroxylamine groups is 1. The van der Waals surface area contributed by atoms with Gasteiger partial charge in [0.1, 0.15) is 5.84 Å². The van der Waals surface area contributed by atoms with E-state index in [2.05, 4.69) is 56.4 Å². The van der Waals surface area contributed by atoms with Crippen molar-refractivity contribution in [2.75, 3.05) is 6.54 Å². The number of amidine groups is 1. The topological polar surface area (TPSA) is 44.6 Å². The lowest BCUT2D eigenvalue weighted by molar-refractivity contribution is 0.222. The number of allylic oxidation sites excluding steroid dienone is 6. The van der Waals surface area contributed by atoms with Crippen molar-refractivity contribution >= 4 is 5.84 Å². The van der Waals surface area contributed by atoms with Gasteiger partial charge in [-0.1, -0.05) is 34.9 Å². The van der Waals surface area contributed by atoms with Gasteiger partial charge in [0, 0.05) is 12.5 Å². The standard InChI is InChI=1S/C21H36N2O/c1-17(2)9-5-6-10-18(3)14-15-19(4)11-7-12-20-13-8-16-22-21(20)23-24/h9-11,20,24H,5-8,12-16H2,1-4H3,(H,22,23)/b18-10+,19-11+/t20-/m0/s1. The summed E-state index contributed by atoms with van der Waals surface area (Å²) < 4.78 is 0. The number of rotatable bonds is 9. The second-order valence-corrected chi connectivity index (χ2v) is 7.26. The second kappa shape index (κ2) is 12.1. The van der Waals surface area contributed by atoms with Gasteiger partial charge in [-0.05, 0) is 79.1 Å². The fourth-order valence-electron chi connectivity index (χ4n) is 3.04. The minimum absolute atomic E-state index is 0.393. The Bertz CT molecular complexity index is 482. The van der Waals surface area contributed by atoms with Crippen LogP contribution in [0.4, 0.5) is 0 Å². The van der Waals surface area contributed by atoms with E-state index in [0.29, 0.717) is 5.92 Å². The molecule has 3 nitrogen and oxygen atoms in total. The minimum atomic E-state index is 0.393. The molecule has 136 valence electrons. The van der Waals surface area contributed by atoms with Crippen LogP contribution >= 0.6 is 0 Å². The lowest BCUT2D eigenvalue weighted by Crippen LogP contribution is -2.31. The van der Waals surface area contributed by atoms with Gasteiger partial charge in [0.2, 0.25) is 0 Å². The van der Waals surface area contributed by atoms with Crippen molar-refractivity contribution in [3.8, 4) is 0 Å². The van der Waals surface area contributed by atoms with E-state index in [1.54, 1.807) is 0 Å². The van der Waals surface area contributed by atoms with Crippen LogP contribution in [-0.4, -0.2) is 17.6 Å². The summed E-state index contributed by atoms with van der Waals surface area (Å²) in [5.74, 6) is 1.17. The Morgan fingerprint density at radius 2 is 1.67 bits per heavy atom. The molecule has 0 aromatic carbocycles. The van der Waals surface area contributed by atoms with Crippen LogP contribution in [0, 0.1) is 5.92 Å². The van der Waals surface area contributed by atoms with Crippen LogP contribution < -0.4 is 5.48 Å². The molecule has 1 rings (SSSR count). The van der Waals surface area contributed by atoms with Gasteiger partial charge < -0.3 is 0 Å². The van der Waals surface area contributed by atoms with E-state index in [4.69, 9.17) is 5.21 Å². The van der Waals surface area contributed by atoms with Gasteiger partial charge in [-0.25, -0.2) is 0 Å². The molecular weight excluding hydrogens is 296 g/mol.